The van der Waals surface area contributed by atoms with Crippen molar-refractivity contribution in [1.82, 2.24) is 4.90 Å². The Labute approximate surface area is 137 Å². The Bertz CT molecular complexity index is 444. The van der Waals surface area contributed by atoms with Crippen LogP contribution < -0.4 is 9.47 Å². The Morgan fingerprint density at radius 1 is 1.23 bits per heavy atom. The summed E-state index contributed by atoms with van der Waals surface area (Å²) >= 11 is 0. The maximum atomic E-state index is 10.9. The number of aliphatic carboxylic acids is 1. The van der Waals surface area contributed by atoms with E-state index in [1.807, 2.05) is 24.3 Å². The quantitative estimate of drug-likeness (QED) is 0.779. The largest absolute Gasteiger partial charge is 0.497 e. The van der Waals surface area contributed by atoms with Crippen LogP contribution >= 0.6 is 12.4 Å². The summed E-state index contributed by atoms with van der Waals surface area (Å²) in [6.45, 7) is 3.38. The molecule has 6 heteroatoms. The number of piperidine rings is 1. The van der Waals surface area contributed by atoms with Crippen molar-refractivity contribution >= 4 is 18.4 Å². The fraction of sp³-hybridized carbons (Fsp3) is 0.562. The molecule has 1 saturated heterocycles. The molecule has 0 aromatic heterocycles. The predicted molar refractivity (Wildman–Crippen MR) is 87.2 cm³/mol. The zero-order chi connectivity index (χ0) is 15.1. The number of carboxylic acid groups (broad SMARTS) is 1. The van der Waals surface area contributed by atoms with Crippen LogP contribution in [0, 0.1) is 5.92 Å². The first-order chi connectivity index (χ1) is 10.2. The van der Waals surface area contributed by atoms with Gasteiger partial charge in [-0.1, -0.05) is 0 Å². The van der Waals surface area contributed by atoms with Crippen LogP contribution in [0.5, 0.6) is 11.5 Å². The van der Waals surface area contributed by atoms with Gasteiger partial charge < -0.3 is 19.5 Å². The van der Waals surface area contributed by atoms with Crippen LogP contribution in [-0.4, -0.2) is 49.3 Å². The van der Waals surface area contributed by atoms with E-state index in [2.05, 4.69) is 4.90 Å². The van der Waals surface area contributed by atoms with Gasteiger partial charge in [-0.25, -0.2) is 0 Å². The topological polar surface area (TPSA) is 59.0 Å². The molecule has 0 spiro atoms. The maximum absolute atomic E-state index is 10.9. The van der Waals surface area contributed by atoms with Gasteiger partial charge in [0, 0.05) is 6.54 Å². The number of methoxy groups -OCH3 is 1. The maximum Gasteiger partial charge on any atom is 0.306 e. The highest BCUT2D eigenvalue weighted by atomic mass is 35.5. The number of hydrogen-bond acceptors (Lipinski definition) is 4. The zero-order valence-corrected chi connectivity index (χ0v) is 13.7. The molecule has 0 radical (unpaired) electrons. The van der Waals surface area contributed by atoms with Gasteiger partial charge in [-0.15, -0.1) is 12.4 Å². The Morgan fingerprint density at radius 3 is 2.36 bits per heavy atom. The molecule has 1 heterocycles. The molecule has 5 nitrogen and oxygen atoms in total. The highest BCUT2D eigenvalue weighted by Crippen LogP contribution is 2.18. The molecule has 1 aliphatic rings. The van der Waals surface area contributed by atoms with Gasteiger partial charge in [0.05, 0.1) is 19.6 Å². The van der Waals surface area contributed by atoms with E-state index in [9.17, 15) is 4.79 Å². The van der Waals surface area contributed by atoms with Crippen LogP contribution in [0.1, 0.15) is 19.3 Å². The van der Waals surface area contributed by atoms with Crippen LogP contribution in [0.2, 0.25) is 0 Å². The second-order valence-electron chi connectivity index (χ2n) is 5.33. The number of benzene rings is 1. The van der Waals surface area contributed by atoms with Gasteiger partial charge in [0.2, 0.25) is 0 Å². The molecular formula is C16H24ClNO4. The van der Waals surface area contributed by atoms with Crippen molar-refractivity contribution in [2.24, 2.45) is 5.92 Å². The second-order valence-corrected chi connectivity index (χ2v) is 5.33. The molecule has 2 rings (SSSR count). The van der Waals surface area contributed by atoms with Gasteiger partial charge in [-0.2, -0.15) is 0 Å². The normalized spacial score (nSPS) is 15.9. The summed E-state index contributed by atoms with van der Waals surface area (Å²) in [5.41, 5.74) is 0. The molecule has 22 heavy (non-hydrogen) atoms. The second kappa shape index (κ2) is 9.54. The lowest BCUT2D eigenvalue weighted by atomic mass is 9.97. The van der Waals surface area contributed by atoms with E-state index < -0.39 is 5.97 Å². The molecule has 1 aromatic rings. The molecule has 0 aliphatic carbocycles. The minimum Gasteiger partial charge on any atom is -0.497 e. The SMILES string of the molecule is COc1ccc(OCCCN2CCC(C(=O)O)CC2)cc1.Cl. The van der Waals surface area contributed by atoms with Crippen molar-refractivity contribution in [1.29, 1.82) is 0 Å². The highest BCUT2D eigenvalue weighted by Gasteiger charge is 2.23. The number of carboxylic acids is 1. The van der Waals surface area contributed by atoms with E-state index in [0.29, 0.717) is 6.61 Å². The lowest BCUT2D eigenvalue weighted by Crippen LogP contribution is -2.37. The third-order valence-corrected chi connectivity index (χ3v) is 3.88. The molecule has 1 aromatic carbocycles. The van der Waals surface area contributed by atoms with Crippen LogP contribution in [0.3, 0.4) is 0 Å². The van der Waals surface area contributed by atoms with Crippen molar-refractivity contribution in [3.05, 3.63) is 24.3 Å². The van der Waals surface area contributed by atoms with E-state index in [1.165, 1.54) is 0 Å². The molecule has 0 atom stereocenters. The Kier molecular flexibility index (Phi) is 8.06. The third-order valence-electron chi connectivity index (χ3n) is 3.88. The smallest absolute Gasteiger partial charge is 0.306 e. The van der Waals surface area contributed by atoms with E-state index in [-0.39, 0.29) is 18.3 Å². The Morgan fingerprint density at radius 2 is 1.82 bits per heavy atom. The predicted octanol–water partition coefficient (Wildman–Crippen LogP) is 2.68. The zero-order valence-electron chi connectivity index (χ0n) is 12.9. The number of nitrogens with zero attached hydrogens (tertiary/aromatic N) is 1. The first kappa shape index (κ1) is 18.6. The Hall–Kier alpha value is -1.46. The number of hydrogen-bond donors (Lipinski definition) is 1. The molecule has 0 bridgehead atoms. The van der Waals surface area contributed by atoms with Gasteiger partial charge in [-0.3, -0.25) is 4.79 Å². The Balaban J connectivity index is 0.00000242. The average Bonchev–Trinajstić information content (AvgIpc) is 2.52. The van der Waals surface area contributed by atoms with Crippen molar-refractivity contribution in [2.75, 3.05) is 33.4 Å². The van der Waals surface area contributed by atoms with E-state index in [4.69, 9.17) is 14.6 Å². The summed E-state index contributed by atoms with van der Waals surface area (Å²) in [6, 6.07) is 7.56. The van der Waals surface area contributed by atoms with Crippen molar-refractivity contribution in [3.63, 3.8) is 0 Å². The number of halogens is 1. The van der Waals surface area contributed by atoms with E-state index in [1.54, 1.807) is 7.11 Å². The van der Waals surface area contributed by atoms with Crippen LogP contribution in [0.15, 0.2) is 24.3 Å². The van der Waals surface area contributed by atoms with Crippen molar-refractivity contribution < 1.29 is 19.4 Å². The summed E-state index contributed by atoms with van der Waals surface area (Å²) in [4.78, 5) is 13.2. The number of likely N-dealkylation sites (tertiary alicyclic amines) is 1. The summed E-state index contributed by atoms with van der Waals surface area (Å²) in [5, 5.41) is 8.95. The first-order valence-corrected chi connectivity index (χ1v) is 7.41. The molecule has 0 unspecified atom stereocenters. The molecular weight excluding hydrogens is 306 g/mol. The molecule has 0 amide bonds. The van der Waals surface area contributed by atoms with Crippen LogP contribution in [-0.2, 0) is 4.79 Å². The summed E-state index contributed by atoms with van der Waals surface area (Å²) in [6.07, 6.45) is 2.47. The summed E-state index contributed by atoms with van der Waals surface area (Å²) < 4.78 is 10.8. The molecule has 124 valence electrons. The average molecular weight is 330 g/mol. The van der Waals surface area contributed by atoms with Gasteiger partial charge in [0.15, 0.2) is 0 Å². The number of carbonyl (C=O) groups is 1. The monoisotopic (exact) mass is 329 g/mol. The van der Waals surface area contributed by atoms with E-state index in [0.717, 1.165) is 50.4 Å². The third kappa shape index (κ3) is 5.73. The first-order valence-electron chi connectivity index (χ1n) is 7.41. The highest BCUT2D eigenvalue weighted by molar-refractivity contribution is 5.85. The fourth-order valence-electron chi connectivity index (χ4n) is 2.55. The lowest BCUT2D eigenvalue weighted by Gasteiger charge is -2.29. The van der Waals surface area contributed by atoms with Crippen LogP contribution in [0.4, 0.5) is 0 Å². The lowest BCUT2D eigenvalue weighted by molar-refractivity contribution is -0.143. The van der Waals surface area contributed by atoms with Crippen molar-refractivity contribution in [3.8, 4) is 11.5 Å². The number of rotatable bonds is 7. The minimum atomic E-state index is -0.655. The van der Waals surface area contributed by atoms with Gasteiger partial charge >= 0.3 is 5.97 Å². The molecule has 1 N–H and O–H groups in total. The molecule has 1 aliphatic heterocycles. The standard InChI is InChI=1S/C16H23NO4.ClH/c1-20-14-3-5-15(6-4-14)21-12-2-9-17-10-7-13(8-11-17)16(18)19;/h3-6,13H,2,7-12H2,1H3,(H,18,19);1H. The van der Waals surface area contributed by atoms with Gasteiger partial charge in [0.1, 0.15) is 11.5 Å². The van der Waals surface area contributed by atoms with Crippen molar-refractivity contribution in [2.45, 2.75) is 19.3 Å². The van der Waals surface area contributed by atoms with Gasteiger partial charge in [0.25, 0.3) is 0 Å². The molecule has 0 saturated carbocycles. The summed E-state index contributed by atoms with van der Waals surface area (Å²) in [5.74, 6) is 0.860. The summed E-state index contributed by atoms with van der Waals surface area (Å²) in [7, 11) is 1.64. The fourth-order valence-corrected chi connectivity index (χ4v) is 2.55. The van der Waals surface area contributed by atoms with E-state index >= 15 is 0 Å². The minimum absolute atomic E-state index is 0. The van der Waals surface area contributed by atoms with Crippen LogP contribution in [0.25, 0.3) is 0 Å². The molecule has 1 fully saturated rings. The number of ether oxygens (including phenoxy) is 2. The van der Waals surface area contributed by atoms with Gasteiger partial charge in [-0.05, 0) is 56.6 Å².